The molecule has 0 aliphatic rings. The van der Waals surface area contributed by atoms with Gasteiger partial charge in [0, 0.05) is 6.10 Å². The smallest absolute Gasteiger partial charge is 0.0225 e. The molecule has 0 radical (unpaired) electrons. The molecule has 1 unspecified atom stereocenters. The van der Waals surface area contributed by atoms with Crippen molar-refractivity contribution >= 4 is 0 Å². The van der Waals surface area contributed by atoms with Gasteiger partial charge in [0.2, 0.25) is 0 Å². The molecule has 1 atom stereocenters. The second-order valence-corrected chi connectivity index (χ2v) is 2.40. The summed E-state index contributed by atoms with van der Waals surface area (Å²) in [6.45, 7) is 3.79. The zero-order chi connectivity index (χ0) is 6.85. The summed E-state index contributed by atoms with van der Waals surface area (Å²) < 4.78 is 0. The average Bonchev–Trinajstić information content (AvgIpc) is 2.14. The Morgan fingerprint density at radius 2 is 2.33 bits per heavy atom. The van der Waals surface area contributed by atoms with Crippen molar-refractivity contribution in [2.45, 2.75) is 20.0 Å². The van der Waals surface area contributed by atoms with E-state index in [0.29, 0.717) is 0 Å². The lowest BCUT2D eigenvalue weighted by Gasteiger charge is -2.05. The maximum absolute atomic E-state index is 9.04. The molecule has 0 aliphatic carbocycles. The van der Waals surface area contributed by atoms with Gasteiger partial charge >= 0.3 is 0 Å². The van der Waals surface area contributed by atoms with Crippen molar-refractivity contribution in [1.29, 1.82) is 0 Å². The largest absolute Gasteiger partial charge is 0.402 e. The van der Waals surface area contributed by atoms with Gasteiger partial charge in [-0.25, -0.2) is 6.07 Å². The maximum Gasteiger partial charge on any atom is 0.0225 e. The lowest BCUT2D eigenvalue weighted by Crippen LogP contribution is -1.85. The zero-order valence-corrected chi connectivity index (χ0v) is 5.76. The van der Waals surface area contributed by atoms with E-state index < -0.39 is 0 Å². The van der Waals surface area contributed by atoms with Crippen LogP contribution in [0.5, 0.6) is 0 Å². The minimum absolute atomic E-state index is 0.321. The minimum atomic E-state index is -0.321. The van der Waals surface area contributed by atoms with Crippen molar-refractivity contribution in [3.63, 3.8) is 0 Å². The van der Waals surface area contributed by atoms with Crippen molar-refractivity contribution in [2.75, 3.05) is 0 Å². The first kappa shape index (κ1) is 6.43. The molecular formula is C8H11O-. The molecule has 1 rings (SSSR count). The molecule has 1 aromatic rings. The Morgan fingerprint density at radius 3 is 2.56 bits per heavy atom. The Labute approximate surface area is 55.3 Å². The van der Waals surface area contributed by atoms with E-state index in [1.54, 1.807) is 6.92 Å². The summed E-state index contributed by atoms with van der Waals surface area (Å²) in [4.78, 5) is 0. The average molecular weight is 123 g/mol. The molecule has 0 aliphatic heterocycles. The third-order valence-electron chi connectivity index (χ3n) is 1.42. The van der Waals surface area contributed by atoms with Crippen molar-refractivity contribution in [2.24, 2.45) is 0 Å². The molecule has 50 valence electrons. The van der Waals surface area contributed by atoms with Crippen molar-refractivity contribution in [3.8, 4) is 0 Å². The monoisotopic (exact) mass is 123 g/mol. The highest BCUT2D eigenvalue weighted by Gasteiger charge is 1.89. The predicted molar refractivity (Wildman–Crippen MR) is 37.4 cm³/mol. The fourth-order valence-corrected chi connectivity index (χ4v) is 0.847. The molecule has 0 saturated carbocycles. The summed E-state index contributed by atoms with van der Waals surface area (Å²) in [6.07, 6.45) is -0.321. The van der Waals surface area contributed by atoms with Gasteiger partial charge in [0.25, 0.3) is 0 Å². The van der Waals surface area contributed by atoms with Crippen LogP contribution in [0.1, 0.15) is 24.2 Å². The predicted octanol–water partition coefficient (Wildman–Crippen LogP) is 1.77. The molecule has 0 aromatic heterocycles. The third kappa shape index (κ3) is 1.36. The van der Waals surface area contributed by atoms with Gasteiger partial charge in [0.15, 0.2) is 0 Å². The quantitative estimate of drug-likeness (QED) is 0.564. The number of hydrogen-bond donors (Lipinski definition) is 1. The van der Waals surface area contributed by atoms with Gasteiger partial charge in [-0.05, 0) is 6.92 Å². The topological polar surface area (TPSA) is 20.2 Å². The summed E-state index contributed by atoms with van der Waals surface area (Å²) in [5.41, 5.74) is 2.22. The van der Waals surface area contributed by atoms with Gasteiger partial charge in [0.1, 0.15) is 0 Å². The number of aliphatic hydroxyl groups is 1. The molecule has 1 heteroatoms. The van der Waals surface area contributed by atoms with Crippen LogP contribution in [-0.2, 0) is 0 Å². The highest BCUT2D eigenvalue weighted by molar-refractivity contribution is 5.25. The normalized spacial score (nSPS) is 13.7. The van der Waals surface area contributed by atoms with Crippen LogP contribution in [0.25, 0.3) is 0 Å². The van der Waals surface area contributed by atoms with Crippen molar-refractivity contribution in [3.05, 3.63) is 29.3 Å². The van der Waals surface area contributed by atoms with Gasteiger partial charge < -0.3 is 5.11 Å². The summed E-state index contributed by atoms with van der Waals surface area (Å²) in [6, 6.07) is 5.94. The summed E-state index contributed by atoms with van der Waals surface area (Å²) >= 11 is 0. The fourth-order valence-electron chi connectivity index (χ4n) is 0.847. The van der Waals surface area contributed by atoms with Crippen LogP contribution in [0.4, 0.5) is 0 Å². The summed E-state index contributed by atoms with van der Waals surface area (Å²) in [7, 11) is 0. The third-order valence-corrected chi connectivity index (χ3v) is 1.42. The maximum atomic E-state index is 9.04. The number of rotatable bonds is 1. The first-order valence-corrected chi connectivity index (χ1v) is 3.11. The minimum Gasteiger partial charge on any atom is -0.402 e. The van der Waals surface area contributed by atoms with Crippen LogP contribution in [0.3, 0.4) is 0 Å². The highest BCUT2D eigenvalue weighted by atomic mass is 16.3. The van der Waals surface area contributed by atoms with Crippen LogP contribution in [0, 0.1) is 6.92 Å². The molecule has 1 nitrogen and oxygen atoms in total. The zero-order valence-electron chi connectivity index (χ0n) is 5.76. The van der Waals surface area contributed by atoms with Gasteiger partial charge in [0.05, 0.1) is 0 Å². The van der Waals surface area contributed by atoms with E-state index in [1.807, 2.05) is 25.1 Å². The van der Waals surface area contributed by atoms with Crippen LogP contribution < -0.4 is 0 Å². The van der Waals surface area contributed by atoms with E-state index in [0.717, 1.165) is 5.56 Å². The number of aryl methyl sites for hydroxylation is 1. The Hall–Kier alpha value is -0.690. The standard InChI is InChI=1S/C8H11O/c1-6-3-4-8(5-6)7(2)9/h3-5,7,9H,1-2H3/q-1. The molecule has 0 amide bonds. The van der Waals surface area contributed by atoms with Crippen LogP contribution >= 0.6 is 0 Å². The molecule has 0 spiro atoms. The van der Waals surface area contributed by atoms with Crippen LogP contribution in [-0.4, -0.2) is 5.11 Å². The van der Waals surface area contributed by atoms with E-state index in [4.69, 9.17) is 5.11 Å². The molecular weight excluding hydrogens is 112 g/mol. The lowest BCUT2D eigenvalue weighted by atomic mass is 10.2. The molecule has 0 fully saturated rings. The lowest BCUT2D eigenvalue weighted by molar-refractivity contribution is 0.199. The van der Waals surface area contributed by atoms with Crippen LogP contribution in [0.2, 0.25) is 0 Å². The van der Waals surface area contributed by atoms with E-state index in [9.17, 15) is 0 Å². The number of aliphatic hydroxyl groups excluding tert-OH is 1. The molecule has 9 heavy (non-hydrogen) atoms. The first-order chi connectivity index (χ1) is 4.20. The van der Waals surface area contributed by atoms with Crippen molar-refractivity contribution < 1.29 is 5.11 Å². The first-order valence-electron chi connectivity index (χ1n) is 3.11. The van der Waals surface area contributed by atoms with Crippen LogP contribution in [0.15, 0.2) is 18.2 Å². The van der Waals surface area contributed by atoms with Gasteiger partial charge in [-0.3, -0.25) is 0 Å². The number of hydrogen-bond acceptors (Lipinski definition) is 1. The van der Waals surface area contributed by atoms with E-state index >= 15 is 0 Å². The Bertz CT molecular complexity index is 186. The second-order valence-electron chi connectivity index (χ2n) is 2.40. The Kier molecular flexibility index (Phi) is 1.63. The second kappa shape index (κ2) is 2.28. The molecule has 0 heterocycles. The van der Waals surface area contributed by atoms with Gasteiger partial charge in [-0.2, -0.15) is 23.3 Å². The van der Waals surface area contributed by atoms with E-state index in [2.05, 4.69) is 0 Å². The van der Waals surface area contributed by atoms with Crippen molar-refractivity contribution in [1.82, 2.24) is 0 Å². The summed E-state index contributed by atoms with van der Waals surface area (Å²) in [5.74, 6) is 0. The molecule has 1 N–H and O–H groups in total. The molecule has 1 aromatic carbocycles. The van der Waals surface area contributed by atoms with Gasteiger partial charge in [-0.15, -0.1) is 0 Å². The fraction of sp³-hybridized carbons (Fsp3) is 0.375. The Balaban J connectivity index is 2.85. The Morgan fingerprint density at radius 1 is 1.67 bits per heavy atom. The van der Waals surface area contributed by atoms with E-state index in [1.165, 1.54) is 5.56 Å². The molecule has 0 saturated heterocycles. The molecule has 0 bridgehead atoms. The van der Waals surface area contributed by atoms with E-state index in [-0.39, 0.29) is 6.10 Å². The SMILES string of the molecule is Cc1cc(C(C)O)c[cH-]1. The van der Waals surface area contributed by atoms with Gasteiger partial charge in [-0.1, -0.05) is 6.92 Å². The highest BCUT2D eigenvalue weighted by Crippen LogP contribution is 2.14. The summed E-state index contributed by atoms with van der Waals surface area (Å²) in [5, 5.41) is 9.04.